The standard InChI is InChI=1S/C14H20BrN3O/c1-9-6-12(15)8-18-14(9)17-7-10-2-4-11(5-3-10)13(16)19/h6,8,10-11H,2-5,7H2,1H3,(H2,16,19)(H,17,18). The van der Waals surface area contributed by atoms with Gasteiger partial charge in [-0.1, -0.05) is 0 Å². The molecule has 1 amide bonds. The molecule has 104 valence electrons. The number of pyridine rings is 1. The summed E-state index contributed by atoms with van der Waals surface area (Å²) < 4.78 is 0.998. The lowest BCUT2D eigenvalue weighted by Crippen LogP contribution is -2.29. The van der Waals surface area contributed by atoms with Crippen molar-refractivity contribution in [2.45, 2.75) is 32.6 Å². The summed E-state index contributed by atoms with van der Waals surface area (Å²) in [4.78, 5) is 15.5. The van der Waals surface area contributed by atoms with Crippen LogP contribution < -0.4 is 11.1 Å². The summed E-state index contributed by atoms with van der Waals surface area (Å²) in [5.74, 6) is 1.50. The van der Waals surface area contributed by atoms with Gasteiger partial charge in [-0.25, -0.2) is 4.98 Å². The predicted octanol–water partition coefficient (Wildman–Crippen LogP) is 2.86. The summed E-state index contributed by atoms with van der Waals surface area (Å²) in [5, 5.41) is 3.41. The maximum Gasteiger partial charge on any atom is 0.220 e. The maximum atomic E-state index is 11.1. The molecule has 1 aliphatic carbocycles. The zero-order valence-corrected chi connectivity index (χ0v) is 12.7. The van der Waals surface area contributed by atoms with Crippen molar-refractivity contribution in [2.75, 3.05) is 11.9 Å². The van der Waals surface area contributed by atoms with Gasteiger partial charge in [-0.15, -0.1) is 0 Å². The van der Waals surface area contributed by atoms with E-state index in [4.69, 9.17) is 5.73 Å². The third-order valence-corrected chi connectivity index (χ3v) is 4.29. The number of nitrogens with one attached hydrogen (secondary N) is 1. The third-order valence-electron chi connectivity index (χ3n) is 3.85. The highest BCUT2D eigenvalue weighted by atomic mass is 79.9. The number of primary amides is 1. The second kappa shape index (κ2) is 6.37. The summed E-state index contributed by atoms with van der Waals surface area (Å²) in [6, 6.07) is 2.05. The van der Waals surface area contributed by atoms with Gasteiger partial charge in [0.2, 0.25) is 5.91 Å². The van der Waals surface area contributed by atoms with E-state index in [0.29, 0.717) is 5.92 Å². The molecule has 0 unspecified atom stereocenters. The minimum atomic E-state index is -0.142. The van der Waals surface area contributed by atoms with Crippen molar-refractivity contribution in [2.24, 2.45) is 17.6 Å². The lowest BCUT2D eigenvalue weighted by molar-refractivity contribution is -0.122. The van der Waals surface area contributed by atoms with Crippen LogP contribution in [0.25, 0.3) is 0 Å². The first kappa shape index (κ1) is 14.3. The smallest absolute Gasteiger partial charge is 0.220 e. The van der Waals surface area contributed by atoms with E-state index in [0.717, 1.165) is 48.1 Å². The molecule has 0 saturated heterocycles. The van der Waals surface area contributed by atoms with Crippen molar-refractivity contribution >= 4 is 27.7 Å². The van der Waals surface area contributed by atoms with Crippen LogP contribution in [0.5, 0.6) is 0 Å². The van der Waals surface area contributed by atoms with Crippen molar-refractivity contribution in [3.8, 4) is 0 Å². The van der Waals surface area contributed by atoms with Crippen molar-refractivity contribution < 1.29 is 4.79 Å². The number of amides is 1. The number of hydrogen-bond acceptors (Lipinski definition) is 3. The molecule has 1 aromatic heterocycles. The van der Waals surface area contributed by atoms with E-state index in [1.54, 1.807) is 6.20 Å². The fourth-order valence-corrected chi connectivity index (χ4v) is 3.06. The molecule has 0 atom stereocenters. The second-order valence-corrected chi connectivity index (χ2v) is 6.24. The predicted molar refractivity (Wildman–Crippen MR) is 79.8 cm³/mol. The summed E-state index contributed by atoms with van der Waals surface area (Å²) in [5.41, 5.74) is 6.48. The van der Waals surface area contributed by atoms with Crippen LogP contribution in [0.3, 0.4) is 0 Å². The highest BCUT2D eigenvalue weighted by Crippen LogP contribution is 2.29. The number of carbonyl (C=O) groups excluding carboxylic acids is 1. The average Bonchev–Trinajstić information content (AvgIpc) is 2.38. The van der Waals surface area contributed by atoms with Gasteiger partial charge < -0.3 is 11.1 Å². The quantitative estimate of drug-likeness (QED) is 0.894. The topological polar surface area (TPSA) is 68.0 Å². The van der Waals surface area contributed by atoms with Crippen LogP contribution >= 0.6 is 15.9 Å². The maximum absolute atomic E-state index is 11.1. The average molecular weight is 326 g/mol. The Morgan fingerprint density at radius 2 is 2.16 bits per heavy atom. The number of anilines is 1. The van der Waals surface area contributed by atoms with Crippen LogP contribution in [0.1, 0.15) is 31.2 Å². The molecule has 1 saturated carbocycles. The van der Waals surface area contributed by atoms with Crippen molar-refractivity contribution in [3.05, 3.63) is 22.3 Å². The first-order valence-electron chi connectivity index (χ1n) is 6.71. The number of aromatic nitrogens is 1. The van der Waals surface area contributed by atoms with E-state index in [-0.39, 0.29) is 11.8 Å². The Morgan fingerprint density at radius 1 is 1.47 bits per heavy atom. The zero-order valence-electron chi connectivity index (χ0n) is 11.2. The molecule has 4 nitrogen and oxygen atoms in total. The zero-order chi connectivity index (χ0) is 13.8. The largest absolute Gasteiger partial charge is 0.370 e. The Morgan fingerprint density at radius 3 is 2.74 bits per heavy atom. The van der Waals surface area contributed by atoms with Gasteiger partial charge in [0.05, 0.1) is 0 Å². The summed E-state index contributed by atoms with van der Waals surface area (Å²) >= 11 is 3.41. The van der Waals surface area contributed by atoms with Gasteiger partial charge in [0.15, 0.2) is 0 Å². The number of hydrogen-bond donors (Lipinski definition) is 2. The molecule has 0 radical (unpaired) electrons. The highest BCUT2D eigenvalue weighted by molar-refractivity contribution is 9.10. The van der Waals surface area contributed by atoms with Gasteiger partial charge >= 0.3 is 0 Å². The molecular weight excluding hydrogens is 306 g/mol. The molecular formula is C14H20BrN3O. The molecule has 1 heterocycles. The molecule has 1 fully saturated rings. The summed E-state index contributed by atoms with van der Waals surface area (Å²) in [6.07, 6.45) is 5.79. The van der Waals surface area contributed by atoms with Crippen molar-refractivity contribution in [3.63, 3.8) is 0 Å². The summed E-state index contributed by atoms with van der Waals surface area (Å²) in [7, 11) is 0. The van der Waals surface area contributed by atoms with Gasteiger partial charge in [-0.2, -0.15) is 0 Å². The van der Waals surface area contributed by atoms with Gasteiger partial charge in [-0.3, -0.25) is 4.79 Å². The number of aryl methyl sites for hydroxylation is 1. The molecule has 1 aliphatic rings. The first-order valence-corrected chi connectivity index (χ1v) is 7.51. The number of rotatable bonds is 4. The molecule has 0 spiro atoms. The van der Waals surface area contributed by atoms with E-state index in [2.05, 4.69) is 32.3 Å². The number of nitrogens with two attached hydrogens (primary N) is 1. The van der Waals surface area contributed by atoms with E-state index in [1.807, 2.05) is 6.92 Å². The van der Waals surface area contributed by atoms with Crippen LogP contribution in [0.4, 0.5) is 5.82 Å². The van der Waals surface area contributed by atoms with Crippen LogP contribution in [0.15, 0.2) is 16.7 Å². The molecule has 0 aliphatic heterocycles. The SMILES string of the molecule is Cc1cc(Br)cnc1NCC1CCC(C(N)=O)CC1. The molecule has 0 bridgehead atoms. The summed E-state index contributed by atoms with van der Waals surface area (Å²) in [6.45, 7) is 2.96. The van der Waals surface area contributed by atoms with Crippen molar-refractivity contribution in [1.82, 2.24) is 4.98 Å². The van der Waals surface area contributed by atoms with Gasteiger partial charge in [0.25, 0.3) is 0 Å². The molecule has 19 heavy (non-hydrogen) atoms. The molecule has 3 N–H and O–H groups in total. The van der Waals surface area contributed by atoms with Gasteiger partial charge in [0.1, 0.15) is 5.82 Å². The van der Waals surface area contributed by atoms with Crippen molar-refractivity contribution in [1.29, 1.82) is 0 Å². The number of halogens is 1. The van der Waals surface area contributed by atoms with Crippen LogP contribution in [-0.2, 0) is 4.79 Å². The Balaban J connectivity index is 1.82. The Bertz CT molecular complexity index is 456. The molecule has 5 heteroatoms. The van der Waals surface area contributed by atoms with Gasteiger partial charge in [-0.05, 0) is 66.1 Å². The fourth-order valence-electron chi connectivity index (χ4n) is 2.62. The monoisotopic (exact) mass is 325 g/mol. The molecule has 0 aromatic carbocycles. The molecule has 1 aromatic rings. The highest BCUT2D eigenvalue weighted by Gasteiger charge is 2.24. The second-order valence-electron chi connectivity index (χ2n) is 5.32. The van der Waals surface area contributed by atoms with Crippen LogP contribution in [-0.4, -0.2) is 17.4 Å². The van der Waals surface area contributed by atoms with E-state index in [9.17, 15) is 4.79 Å². The Kier molecular flexibility index (Phi) is 4.80. The van der Waals surface area contributed by atoms with Gasteiger partial charge in [0, 0.05) is 23.1 Å². The lowest BCUT2D eigenvalue weighted by atomic mass is 9.81. The normalized spacial score (nSPS) is 23.1. The minimum Gasteiger partial charge on any atom is -0.370 e. The van der Waals surface area contributed by atoms with Crippen LogP contribution in [0, 0.1) is 18.8 Å². The van der Waals surface area contributed by atoms with E-state index < -0.39 is 0 Å². The number of carbonyl (C=O) groups is 1. The van der Waals surface area contributed by atoms with Crippen LogP contribution in [0.2, 0.25) is 0 Å². The van der Waals surface area contributed by atoms with E-state index in [1.165, 1.54) is 0 Å². The molecule has 2 rings (SSSR count). The Labute approximate surface area is 122 Å². The minimum absolute atomic E-state index is 0.0868. The number of nitrogens with zero attached hydrogens (tertiary/aromatic N) is 1. The lowest BCUT2D eigenvalue weighted by Gasteiger charge is -2.27. The Hall–Kier alpha value is -1.10. The van der Waals surface area contributed by atoms with E-state index >= 15 is 0 Å². The fraction of sp³-hybridized carbons (Fsp3) is 0.571. The third kappa shape index (κ3) is 3.93. The first-order chi connectivity index (χ1) is 9.06.